The van der Waals surface area contributed by atoms with Crippen LogP contribution < -0.4 is 9.64 Å². The number of carbonyl (C=O) groups excluding carboxylic acids is 3. The Morgan fingerprint density at radius 3 is 2.32 bits per heavy atom. The van der Waals surface area contributed by atoms with Crippen molar-refractivity contribution < 1.29 is 29.0 Å². The van der Waals surface area contributed by atoms with Crippen LogP contribution in [0.1, 0.15) is 46.9 Å². The highest BCUT2D eigenvalue weighted by Crippen LogP contribution is 2.45. The molecular formula is C29H25Cl2NO6. The first kappa shape index (κ1) is 27.2. The van der Waals surface area contributed by atoms with E-state index in [-0.39, 0.29) is 33.0 Å². The Bertz CT molecular complexity index is 1460. The highest BCUT2D eigenvalue weighted by molar-refractivity contribution is 6.52. The summed E-state index contributed by atoms with van der Waals surface area (Å²) in [7, 11) is 1.37. The van der Waals surface area contributed by atoms with Crippen LogP contribution in [0.2, 0.25) is 10.0 Å². The minimum absolute atomic E-state index is 0.0763. The minimum atomic E-state index is -0.981. The normalized spacial score (nSPS) is 16.7. The van der Waals surface area contributed by atoms with Crippen molar-refractivity contribution in [2.75, 3.05) is 12.0 Å². The number of amides is 1. The van der Waals surface area contributed by atoms with Gasteiger partial charge >= 0.3 is 5.97 Å². The Labute approximate surface area is 230 Å². The van der Waals surface area contributed by atoms with Gasteiger partial charge in [0.05, 0.1) is 41.0 Å². The molecule has 1 unspecified atom stereocenters. The fourth-order valence-electron chi connectivity index (χ4n) is 4.38. The first-order chi connectivity index (χ1) is 18.0. The number of rotatable bonds is 6. The standard InChI is InChI=1S/C29H25Cl2NO6/c1-15(2)38-29(36)17-8-10-20(11-9-17)32-24(18-7-5-6-16(3)12-18)23(26(34)28(32)35)25(33)21-13-19(30)14-22(31)27(21)37-4/h5-15,24,33H,1-4H3/b25-23+. The molecule has 0 bridgehead atoms. The maximum absolute atomic E-state index is 13.4. The number of Topliss-reactive ketones (excluding diaryl/α,β-unsaturated/α-hetero) is 1. The average molecular weight is 554 g/mol. The van der Waals surface area contributed by atoms with Crippen molar-refractivity contribution >= 4 is 52.3 Å². The maximum Gasteiger partial charge on any atom is 0.338 e. The number of hydrogen-bond acceptors (Lipinski definition) is 6. The Balaban J connectivity index is 1.91. The molecule has 196 valence electrons. The number of methoxy groups -OCH3 is 1. The Morgan fingerprint density at radius 1 is 1.03 bits per heavy atom. The van der Waals surface area contributed by atoms with E-state index in [1.54, 1.807) is 38.1 Å². The van der Waals surface area contributed by atoms with Gasteiger partial charge in [0.2, 0.25) is 0 Å². The fraction of sp³-hybridized carbons (Fsp3) is 0.207. The summed E-state index contributed by atoms with van der Waals surface area (Å²) < 4.78 is 10.6. The number of ketones is 1. The zero-order valence-corrected chi connectivity index (χ0v) is 22.6. The van der Waals surface area contributed by atoms with Gasteiger partial charge in [-0.3, -0.25) is 14.5 Å². The number of esters is 1. The summed E-state index contributed by atoms with van der Waals surface area (Å²) in [6.07, 6.45) is -0.293. The summed E-state index contributed by atoms with van der Waals surface area (Å²) in [4.78, 5) is 40.5. The number of aliphatic hydroxyl groups excluding tert-OH is 1. The van der Waals surface area contributed by atoms with Crippen molar-refractivity contribution in [3.63, 3.8) is 0 Å². The van der Waals surface area contributed by atoms with Gasteiger partial charge in [0.1, 0.15) is 11.5 Å². The van der Waals surface area contributed by atoms with Gasteiger partial charge in [0, 0.05) is 10.7 Å². The van der Waals surface area contributed by atoms with E-state index in [0.717, 1.165) is 5.56 Å². The Morgan fingerprint density at radius 2 is 1.71 bits per heavy atom. The predicted molar refractivity (Wildman–Crippen MR) is 146 cm³/mol. The summed E-state index contributed by atoms with van der Waals surface area (Å²) in [6.45, 7) is 5.37. The zero-order valence-electron chi connectivity index (χ0n) is 21.1. The van der Waals surface area contributed by atoms with E-state index in [2.05, 4.69) is 0 Å². The SMILES string of the molecule is COc1c(Cl)cc(Cl)cc1/C(O)=C1\C(=O)C(=O)N(c2ccc(C(=O)OC(C)C)cc2)C1c1cccc(C)c1. The van der Waals surface area contributed by atoms with E-state index in [9.17, 15) is 19.5 Å². The van der Waals surface area contributed by atoms with Crippen LogP contribution >= 0.6 is 23.2 Å². The first-order valence-corrected chi connectivity index (χ1v) is 12.5. The summed E-state index contributed by atoms with van der Waals surface area (Å²) in [5, 5.41) is 11.8. The Hall–Kier alpha value is -3.81. The molecule has 7 nitrogen and oxygen atoms in total. The van der Waals surface area contributed by atoms with Gasteiger partial charge in [0.25, 0.3) is 11.7 Å². The molecule has 1 aliphatic heterocycles. The van der Waals surface area contributed by atoms with Gasteiger partial charge in [-0.25, -0.2) is 4.79 Å². The third-order valence-corrected chi connectivity index (χ3v) is 6.49. The third-order valence-electron chi connectivity index (χ3n) is 5.99. The number of hydrogen-bond donors (Lipinski definition) is 1. The van der Waals surface area contributed by atoms with Crippen molar-refractivity contribution in [3.05, 3.63) is 98.5 Å². The molecule has 1 saturated heterocycles. The van der Waals surface area contributed by atoms with E-state index >= 15 is 0 Å². The number of aliphatic hydroxyl groups is 1. The summed E-state index contributed by atoms with van der Waals surface area (Å²) in [5.74, 6) is -2.61. The summed E-state index contributed by atoms with van der Waals surface area (Å²) in [6, 6.07) is 15.3. The fourth-order valence-corrected chi connectivity index (χ4v) is 4.95. The van der Waals surface area contributed by atoms with Gasteiger partial charge in [-0.1, -0.05) is 53.0 Å². The summed E-state index contributed by atoms with van der Waals surface area (Å²) >= 11 is 12.5. The van der Waals surface area contributed by atoms with Gasteiger partial charge < -0.3 is 14.6 Å². The molecule has 3 aromatic rings. The second kappa shape index (κ2) is 10.9. The lowest BCUT2D eigenvalue weighted by Crippen LogP contribution is -2.29. The monoisotopic (exact) mass is 553 g/mol. The van der Waals surface area contributed by atoms with Crippen LogP contribution in [0.15, 0.2) is 66.2 Å². The average Bonchev–Trinajstić information content (AvgIpc) is 3.13. The van der Waals surface area contributed by atoms with E-state index in [1.165, 1.54) is 36.3 Å². The molecule has 0 aliphatic carbocycles. The van der Waals surface area contributed by atoms with Crippen LogP contribution in [0.25, 0.3) is 5.76 Å². The molecule has 38 heavy (non-hydrogen) atoms. The molecular weight excluding hydrogens is 529 g/mol. The predicted octanol–water partition coefficient (Wildman–Crippen LogP) is 6.50. The molecule has 9 heteroatoms. The minimum Gasteiger partial charge on any atom is -0.507 e. The van der Waals surface area contributed by atoms with Crippen LogP contribution in [-0.2, 0) is 14.3 Å². The lowest BCUT2D eigenvalue weighted by Gasteiger charge is -2.26. The Kier molecular flexibility index (Phi) is 7.81. The molecule has 1 N–H and O–H groups in total. The number of halogens is 2. The second-order valence-corrected chi connectivity index (χ2v) is 9.90. The van der Waals surface area contributed by atoms with E-state index < -0.39 is 29.5 Å². The van der Waals surface area contributed by atoms with Gasteiger partial charge in [-0.05, 0) is 62.7 Å². The third kappa shape index (κ3) is 5.12. The highest BCUT2D eigenvalue weighted by atomic mass is 35.5. The van der Waals surface area contributed by atoms with E-state index in [1.807, 2.05) is 19.1 Å². The number of nitrogens with zero attached hydrogens (tertiary/aromatic N) is 1. The molecule has 1 heterocycles. The molecule has 3 aromatic carbocycles. The molecule has 4 rings (SSSR count). The van der Waals surface area contributed by atoms with Crippen molar-refractivity contribution in [2.45, 2.75) is 32.9 Å². The van der Waals surface area contributed by atoms with E-state index in [0.29, 0.717) is 16.8 Å². The zero-order chi connectivity index (χ0) is 27.7. The molecule has 0 aromatic heterocycles. The first-order valence-electron chi connectivity index (χ1n) is 11.8. The topological polar surface area (TPSA) is 93.1 Å². The largest absolute Gasteiger partial charge is 0.507 e. The molecule has 1 aliphatic rings. The quantitative estimate of drug-likeness (QED) is 0.162. The van der Waals surface area contributed by atoms with Crippen molar-refractivity contribution in [2.24, 2.45) is 0 Å². The second-order valence-electron chi connectivity index (χ2n) is 9.05. The van der Waals surface area contributed by atoms with Crippen LogP contribution in [-0.4, -0.2) is 36.0 Å². The van der Waals surface area contributed by atoms with Crippen LogP contribution in [0.4, 0.5) is 5.69 Å². The molecule has 1 fully saturated rings. The smallest absolute Gasteiger partial charge is 0.338 e. The maximum atomic E-state index is 13.4. The molecule has 0 radical (unpaired) electrons. The summed E-state index contributed by atoms with van der Waals surface area (Å²) in [5.41, 5.74) is 2.07. The van der Waals surface area contributed by atoms with Crippen LogP contribution in [0, 0.1) is 6.92 Å². The number of aryl methyl sites for hydroxylation is 1. The van der Waals surface area contributed by atoms with Crippen molar-refractivity contribution in [1.82, 2.24) is 0 Å². The highest BCUT2D eigenvalue weighted by Gasteiger charge is 2.47. The van der Waals surface area contributed by atoms with Gasteiger partial charge in [-0.15, -0.1) is 0 Å². The number of benzene rings is 3. The molecule has 0 saturated carbocycles. The van der Waals surface area contributed by atoms with Gasteiger partial charge in [-0.2, -0.15) is 0 Å². The van der Waals surface area contributed by atoms with E-state index in [4.69, 9.17) is 32.7 Å². The number of ether oxygens (including phenoxy) is 2. The van der Waals surface area contributed by atoms with Crippen molar-refractivity contribution in [3.8, 4) is 5.75 Å². The molecule has 1 atom stereocenters. The van der Waals surface area contributed by atoms with Crippen LogP contribution in [0.5, 0.6) is 5.75 Å². The molecule has 1 amide bonds. The lowest BCUT2D eigenvalue weighted by atomic mass is 9.94. The number of anilines is 1. The lowest BCUT2D eigenvalue weighted by molar-refractivity contribution is -0.132. The van der Waals surface area contributed by atoms with Gasteiger partial charge in [0.15, 0.2) is 0 Å². The van der Waals surface area contributed by atoms with Crippen molar-refractivity contribution in [1.29, 1.82) is 0 Å². The number of carbonyl (C=O) groups is 3. The molecule has 0 spiro atoms. The van der Waals surface area contributed by atoms with Crippen LogP contribution in [0.3, 0.4) is 0 Å².